The van der Waals surface area contributed by atoms with E-state index in [4.69, 9.17) is 16.3 Å². The molecule has 0 aliphatic heterocycles. The minimum atomic E-state index is -0.810. The molecule has 0 radical (unpaired) electrons. The number of ether oxygens (including phenoxy) is 1. The molecular weight excluding hydrogens is 342 g/mol. The first-order valence-corrected chi connectivity index (χ1v) is 7.60. The van der Waals surface area contributed by atoms with Crippen molar-refractivity contribution in [3.05, 3.63) is 47.0 Å². The fourth-order valence-electron chi connectivity index (χ4n) is 1.56. The van der Waals surface area contributed by atoms with Crippen LogP contribution in [0.5, 0.6) is 0 Å². The number of rotatable bonds is 6. The van der Waals surface area contributed by atoms with Gasteiger partial charge >= 0.3 is 6.09 Å². The highest BCUT2D eigenvalue weighted by molar-refractivity contribution is 7.14. The Balaban J connectivity index is 1.94. The van der Waals surface area contributed by atoms with Crippen molar-refractivity contribution in [2.45, 2.75) is 6.61 Å². The molecule has 1 amide bonds. The van der Waals surface area contributed by atoms with E-state index < -0.39 is 11.3 Å². The maximum atomic E-state index is 11.7. The Kier molecular flexibility index (Phi) is 6.07. The number of amides is 1. The Hall–Kier alpha value is -2.45. The zero-order valence-corrected chi connectivity index (χ0v) is 13.6. The quantitative estimate of drug-likeness (QED) is 0.490. The van der Waals surface area contributed by atoms with Crippen molar-refractivity contribution in [2.75, 3.05) is 12.4 Å². The van der Waals surface area contributed by atoms with E-state index in [1.165, 1.54) is 12.5 Å². The summed E-state index contributed by atoms with van der Waals surface area (Å²) >= 11 is 6.49. The molecule has 1 N–H and O–H groups in total. The van der Waals surface area contributed by atoms with Crippen molar-refractivity contribution in [2.24, 2.45) is 5.16 Å². The van der Waals surface area contributed by atoms with Gasteiger partial charge in [0.2, 0.25) is 0 Å². The smallest absolute Gasteiger partial charge is 0.413 e. The Labute approximate surface area is 140 Å². The van der Waals surface area contributed by atoms with Gasteiger partial charge in [-0.25, -0.2) is 9.78 Å². The van der Waals surface area contributed by atoms with Crippen LogP contribution in [-0.4, -0.2) is 29.1 Å². The maximum absolute atomic E-state index is 11.7. The molecule has 0 atom stereocenters. The minimum Gasteiger partial charge on any atom is -0.444 e. The summed E-state index contributed by atoms with van der Waals surface area (Å²) in [6.07, 6.45) is -0.655. The SMILES string of the molecule is CON=C(C(=O)Cl)c1csc(NC(=O)OCc2ccccc2)n1. The molecule has 23 heavy (non-hydrogen) atoms. The molecule has 0 spiro atoms. The van der Waals surface area contributed by atoms with E-state index in [1.54, 1.807) is 0 Å². The van der Waals surface area contributed by atoms with Gasteiger partial charge in [0.15, 0.2) is 10.8 Å². The molecular formula is C14H12ClN3O4S. The molecule has 1 heterocycles. The summed E-state index contributed by atoms with van der Waals surface area (Å²) < 4.78 is 5.07. The number of hydrogen-bond acceptors (Lipinski definition) is 7. The van der Waals surface area contributed by atoms with E-state index in [0.29, 0.717) is 0 Å². The monoisotopic (exact) mass is 353 g/mol. The number of thiazole rings is 1. The number of carbonyl (C=O) groups is 2. The fourth-order valence-corrected chi connectivity index (χ4v) is 2.37. The van der Waals surface area contributed by atoms with E-state index in [0.717, 1.165) is 16.9 Å². The van der Waals surface area contributed by atoms with Gasteiger partial charge in [0.1, 0.15) is 19.4 Å². The van der Waals surface area contributed by atoms with E-state index in [2.05, 4.69) is 20.3 Å². The van der Waals surface area contributed by atoms with Crippen LogP contribution in [0.1, 0.15) is 11.3 Å². The number of hydrogen-bond donors (Lipinski definition) is 1. The number of halogens is 1. The highest BCUT2D eigenvalue weighted by Gasteiger charge is 2.17. The van der Waals surface area contributed by atoms with E-state index in [9.17, 15) is 9.59 Å². The topological polar surface area (TPSA) is 89.9 Å². The van der Waals surface area contributed by atoms with Crippen LogP contribution in [0, 0.1) is 0 Å². The molecule has 0 saturated heterocycles. The maximum Gasteiger partial charge on any atom is 0.413 e. The Morgan fingerprint density at radius 2 is 2.09 bits per heavy atom. The van der Waals surface area contributed by atoms with Crippen molar-refractivity contribution in [1.29, 1.82) is 0 Å². The van der Waals surface area contributed by atoms with Gasteiger partial charge < -0.3 is 9.57 Å². The summed E-state index contributed by atoms with van der Waals surface area (Å²) in [6.45, 7) is 0.140. The summed E-state index contributed by atoms with van der Waals surface area (Å²) in [5.74, 6) is 0. The molecule has 0 unspecified atom stereocenters. The summed E-state index contributed by atoms with van der Waals surface area (Å²) in [6, 6.07) is 9.26. The van der Waals surface area contributed by atoms with Crippen molar-refractivity contribution in [3.8, 4) is 0 Å². The zero-order chi connectivity index (χ0) is 16.7. The van der Waals surface area contributed by atoms with Crippen LogP contribution < -0.4 is 5.32 Å². The third-order valence-electron chi connectivity index (χ3n) is 2.54. The van der Waals surface area contributed by atoms with Crippen LogP contribution in [0.4, 0.5) is 9.93 Å². The fraction of sp³-hybridized carbons (Fsp3) is 0.143. The highest BCUT2D eigenvalue weighted by atomic mass is 35.5. The normalized spacial score (nSPS) is 11.0. The number of oxime groups is 1. The number of benzene rings is 1. The summed E-state index contributed by atoms with van der Waals surface area (Å²) in [4.78, 5) is 31.5. The second kappa shape index (κ2) is 8.25. The molecule has 1 aromatic heterocycles. The molecule has 2 rings (SSSR count). The average molecular weight is 354 g/mol. The summed E-state index contributed by atoms with van der Waals surface area (Å²) in [5, 5.41) is 6.92. The van der Waals surface area contributed by atoms with Gasteiger partial charge in [-0.05, 0) is 17.2 Å². The lowest BCUT2D eigenvalue weighted by molar-refractivity contribution is -0.106. The van der Waals surface area contributed by atoms with E-state index >= 15 is 0 Å². The van der Waals surface area contributed by atoms with Crippen molar-refractivity contribution < 1.29 is 19.2 Å². The van der Waals surface area contributed by atoms with Gasteiger partial charge in [-0.1, -0.05) is 35.5 Å². The molecule has 120 valence electrons. The molecule has 0 fully saturated rings. The first-order chi connectivity index (χ1) is 11.1. The highest BCUT2D eigenvalue weighted by Crippen LogP contribution is 2.17. The second-order valence-corrected chi connectivity index (χ2v) is 5.32. The van der Waals surface area contributed by atoms with Crippen LogP contribution in [0.15, 0.2) is 40.9 Å². The molecule has 0 aliphatic carbocycles. The zero-order valence-electron chi connectivity index (χ0n) is 12.0. The number of nitrogens with one attached hydrogen (secondary N) is 1. The van der Waals surface area contributed by atoms with Crippen LogP contribution in [0.3, 0.4) is 0 Å². The minimum absolute atomic E-state index is 0.140. The summed E-state index contributed by atoms with van der Waals surface area (Å²) in [5.41, 5.74) is 0.927. The number of aromatic nitrogens is 1. The lowest BCUT2D eigenvalue weighted by Gasteiger charge is -2.04. The van der Waals surface area contributed by atoms with Gasteiger partial charge in [0, 0.05) is 5.38 Å². The predicted molar refractivity (Wildman–Crippen MR) is 86.8 cm³/mol. The molecule has 9 heteroatoms. The standard InChI is InChI=1S/C14H12ClN3O4S/c1-21-18-11(12(15)19)10-8-23-13(16-10)17-14(20)22-7-9-5-3-2-4-6-9/h2-6,8H,7H2,1H3,(H,16,17,20). The van der Waals surface area contributed by atoms with Gasteiger partial charge in [0.25, 0.3) is 5.24 Å². The third kappa shape index (κ3) is 5.04. The molecule has 0 aliphatic rings. The molecule has 1 aromatic carbocycles. The number of anilines is 1. The number of nitrogens with zero attached hydrogens (tertiary/aromatic N) is 2. The largest absolute Gasteiger partial charge is 0.444 e. The van der Waals surface area contributed by atoms with E-state index in [1.807, 2.05) is 30.3 Å². The lowest BCUT2D eigenvalue weighted by atomic mass is 10.2. The van der Waals surface area contributed by atoms with Gasteiger partial charge in [-0.3, -0.25) is 10.1 Å². The van der Waals surface area contributed by atoms with Gasteiger partial charge in [-0.2, -0.15) is 0 Å². The van der Waals surface area contributed by atoms with Crippen molar-refractivity contribution in [3.63, 3.8) is 0 Å². The van der Waals surface area contributed by atoms with Crippen LogP contribution >= 0.6 is 22.9 Å². The second-order valence-electron chi connectivity index (χ2n) is 4.12. The average Bonchev–Trinajstić information content (AvgIpc) is 2.99. The van der Waals surface area contributed by atoms with Crippen molar-refractivity contribution >= 4 is 45.1 Å². The van der Waals surface area contributed by atoms with E-state index in [-0.39, 0.29) is 23.1 Å². The van der Waals surface area contributed by atoms with Crippen LogP contribution in [0.25, 0.3) is 0 Å². The molecule has 2 aromatic rings. The Bertz CT molecular complexity index is 718. The predicted octanol–water partition coefficient (Wildman–Crippen LogP) is 3.01. The first-order valence-electron chi connectivity index (χ1n) is 6.34. The van der Waals surface area contributed by atoms with Gasteiger partial charge in [0.05, 0.1) is 0 Å². The number of carbonyl (C=O) groups excluding carboxylic acids is 2. The Morgan fingerprint density at radius 1 is 1.35 bits per heavy atom. The van der Waals surface area contributed by atoms with Crippen molar-refractivity contribution in [1.82, 2.24) is 4.98 Å². The molecule has 0 bridgehead atoms. The van der Waals surface area contributed by atoms with Crippen LogP contribution in [-0.2, 0) is 21.0 Å². The Morgan fingerprint density at radius 3 is 2.74 bits per heavy atom. The summed E-state index contributed by atoms with van der Waals surface area (Å²) in [7, 11) is 1.28. The lowest BCUT2D eigenvalue weighted by Crippen LogP contribution is -2.14. The molecule has 7 nitrogen and oxygen atoms in total. The first kappa shape index (κ1) is 16.9. The third-order valence-corrected chi connectivity index (χ3v) is 3.47. The van der Waals surface area contributed by atoms with Gasteiger partial charge in [-0.15, -0.1) is 11.3 Å². The molecule has 0 saturated carbocycles. The van der Waals surface area contributed by atoms with Crippen LogP contribution in [0.2, 0.25) is 0 Å².